The molecule has 0 radical (unpaired) electrons. The molecule has 0 spiro atoms. The van der Waals surface area contributed by atoms with Crippen molar-refractivity contribution in [2.45, 2.75) is 13.5 Å². The molecule has 33 heavy (non-hydrogen) atoms. The first kappa shape index (κ1) is 24.3. The molecule has 2 N–H and O–H groups in total. The van der Waals surface area contributed by atoms with Crippen molar-refractivity contribution >= 4 is 28.2 Å². The molecular weight excluding hydrogens is 440 g/mol. The number of hydrogen-bond donors (Lipinski definition) is 2. The summed E-state index contributed by atoms with van der Waals surface area (Å²) in [7, 11) is 5.08. The highest BCUT2D eigenvalue weighted by molar-refractivity contribution is 7.15. The standard InChI is InChI=1S/C25H28N2O5S/c1-5-32-25(29)23-19(18-11-12-20(30-3)21(13-18)31-4)16-33-24(23)26-22(28)15-27(2)14-17-9-7-6-8-10-17/h6-13,16H,5,14-15H2,1-4H3,(H,26,28)/p+1. The minimum absolute atomic E-state index is 0.172. The fraction of sp³-hybridized carbons (Fsp3) is 0.280. The lowest BCUT2D eigenvalue weighted by Crippen LogP contribution is -3.08. The molecular formula is C25H29N2O5S+. The van der Waals surface area contributed by atoms with E-state index in [-0.39, 0.29) is 19.1 Å². The van der Waals surface area contributed by atoms with E-state index in [0.717, 1.165) is 22.6 Å². The normalized spacial score (nSPS) is 11.5. The number of carbonyl (C=O) groups excluding carboxylic acids is 2. The Morgan fingerprint density at radius 2 is 1.76 bits per heavy atom. The molecule has 1 heterocycles. The Bertz CT molecular complexity index is 1100. The zero-order chi connectivity index (χ0) is 23.8. The monoisotopic (exact) mass is 469 g/mol. The van der Waals surface area contributed by atoms with Gasteiger partial charge in [0.25, 0.3) is 5.91 Å². The number of hydrogen-bond acceptors (Lipinski definition) is 6. The number of ether oxygens (including phenoxy) is 3. The molecule has 0 saturated heterocycles. The Morgan fingerprint density at radius 3 is 2.42 bits per heavy atom. The van der Waals surface area contributed by atoms with Crippen LogP contribution in [-0.4, -0.2) is 46.3 Å². The van der Waals surface area contributed by atoms with Crippen molar-refractivity contribution < 1.29 is 28.7 Å². The molecule has 1 atom stereocenters. The molecule has 1 aromatic heterocycles. The maximum Gasteiger partial charge on any atom is 0.341 e. The lowest BCUT2D eigenvalue weighted by molar-refractivity contribution is -0.885. The van der Waals surface area contributed by atoms with Gasteiger partial charge in [-0.25, -0.2) is 4.79 Å². The van der Waals surface area contributed by atoms with E-state index in [1.807, 2.05) is 48.8 Å². The van der Waals surface area contributed by atoms with Crippen LogP contribution in [0, 0.1) is 0 Å². The number of esters is 1. The number of amides is 1. The van der Waals surface area contributed by atoms with Crippen molar-refractivity contribution in [1.82, 2.24) is 0 Å². The molecule has 1 amide bonds. The first-order valence-corrected chi connectivity index (χ1v) is 11.5. The summed E-state index contributed by atoms with van der Waals surface area (Å²) in [6, 6.07) is 15.4. The average molecular weight is 470 g/mol. The van der Waals surface area contributed by atoms with Gasteiger partial charge in [-0.2, -0.15) is 0 Å². The smallest absolute Gasteiger partial charge is 0.341 e. The van der Waals surface area contributed by atoms with Crippen LogP contribution in [0.4, 0.5) is 5.00 Å². The predicted molar refractivity (Wildman–Crippen MR) is 129 cm³/mol. The first-order valence-electron chi connectivity index (χ1n) is 10.6. The lowest BCUT2D eigenvalue weighted by atomic mass is 10.0. The summed E-state index contributed by atoms with van der Waals surface area (Å²) in [6.45, 7) is 2.97. The van der Waals surface area contributed by atoms with Crippen molar-refractivity contribution in [3.63, 3.8) is 0 Å². The highest BCUT2D eigenvalue weighted by atomic mass is 32.1. The fourth-order valence-electron chi connectivity index (χ4n) is 3.52. The van der Waals surface area contributed by atoms with E-state index < -0.39 is 5.97 Å². The molecule has 3 aromatic rings. The third-order valence-corrected chi connectivity index (χ3v) is 5.92. The van der Waals surface area contributed by atoms with Crippen LogP contribution >= 0.6 is 11.3 Å². The van der Waals surface area contributed by atoms with E-state index in [2.05, 4.69) is 5.32 Å². The van der Waals surface area contributed by atoms with Crippen LogP contribution in [0.15, 0.2) is 53.9 Å². The third kappa shape index (κ3) is 6.12. The largest absolute Gasteiger partial charge is 0.493 e. The second kappa shape index (κ2) is 11.5. The highest BCUT2D eigenvalue weighted by Crippen LogP contribution is 2.39. The van der Waals surface area contributed by atoms with Crippen molar-refractivity contribution in [1.29, 1.82) is 0 Å². The van der Waals surface area contributed by atoms with Crippen LogP contribution in [0.2, 0.25) is 0 Å². The molecule has 1 unspecified atom stereocenters. The van der Waals surface area contributed by atoms with Crippen LogP contribution < -0.4 is 19.7 Å². The predicted octanol–water partition coefficient (Wildman–Crippen LogP) is 3.26. The van der Waals surface area contributed by atoms with E-state index in [9.17, 15) is 9.59 Å². The van der Waals surface area contributed by atoms with E-state index in [0.29, 0.717) is 27.6 Å². The molecule has 3 rings (SSSR count). The molecule has 7 nitrogen and oxygen atoms in total. The molecule has 8 heteroatoms. The zero-order valence-electron chi connectivity index (χ0n) is 19.3. The maximum absolute atomic E-state index is 12.8. The number of thiophene rings is 1. The molecule has 2 aromatic carbocycles. The molecule has 174 valence electrons. The summed E-state index contributed by atoms with van der Waals surface area (Å²) < 4.78 is 16.0. The Labute approximate surface area is 197 Å². The van der Waals surface area contributed by atoms with Crippen molar-refractivity contribution in [2.75, 3.05) is 39.7 Å². The molecule has 0 saturated carbocycles. The van der Waals surface area contributed by atoms with Crippen molar-refractivity contribution in [3.8, 4) is 22.6 Å². The van der Waals surface area contributed by atoms with Gasteiger partial charge in [-0.1, -0.05) is 36.4 Å². The minimum atomic E-state index is -0.483. The number of rotatable bonds is 10. The van der Waals surface area contributed by atoms with Crippen molar-refractivity contribution in [2.24, 2.45) is 0 Å². The summed E-state index contributed by atoms with van der Waals surface area (Å²) in [5.74, 6) is 0.485. The number of anilines is 1. The molecule has 0 aliphatic heterocycles. The topological polar surface area (TPSA) is 78.3 Å². The Kier molecular flexibility index (Phi) is 8.46. The summed E-state index contributed by atoms with van der Waals surface area (Å²) in [5, 5.41) is 5.22. The Balaban J connectivity index is 1.83. The first-order chi connectivity index (χ1) is 16.0. The number of benzene rings is 2. The van der Waals surface area contributed by atoms with Crippen LogP contribution in [0.1, 0.15) is 22.8 Å². The van der Waals surface area contributed by atoms with Crippen molar-refractivity contribution in [3.05, 3.63) is 65.0 Å². The third-order valence-electron chi connectivity index (χ3n) is 5.03. The van der Waals surface area contributed by atoms with Gasteiger partial charge in [-0.15, -0.1) is 11.3 Å². The maximum atomic E-state index is 12.8. The highest BCUT2D eigenvalue weighted by Gasteiger charge is 2.24. The number of quaternary nitrogens is 1. The van der Waals surface area contributed by atoms with E-state index in [1.54, 1.807) is 33.3 Å². The minimum Gasteiger partial charge on any atom is -0.493 e. The Hall–Kier alpha value is -3.36. The van der Waals surface area contributed by atoms with Crippen LogP contribution in [0.3, 0.4) is 0 Å². The second-order valence-electron chi connectivity index (χ2n) is 7.49. The molecule has 0 fully saturated rings. The van der Waals surface area contributed by atoms with Gasteiger partial charge < -0.3 is 24.4 Å². The van der Waals surface area contributed by atoms with Gasteiger partial charge in [0.1, 0.15) is 17.1 Å². The number of nitrogens with one attached hydrogen (secondary N) is 2. The summed E-state index contributed by atoms with van der Waals surface area (Å²) in [5.41, 5.74) is 2.92. The number of carbonyl (C=O) groups is 2. The van der Waals surface area contributed by atoms with Crippen LogP contribution in [0.5, 0.6) is 11.5 Å². The number of likely N-dealkylation sites (N-methyl/N-ethyl adjacent to an activating group) is 1. The number of methoxy groups -OCH3 is 2. The van der Waals surface area contributed by atoms with E-state index in [1.165, 1.54) is 11.3 Å². The molecule has 0 bridgehead atoms. The summed E-state index contributed by atoms with van der Waals surface area (Å²) >= 11 is 1.29. The summed E-state index contributed by atoms with van der Waals surface area (Å²) in [4.78, 5) is 26.6. The van der Waals surface area contributed by atoms with E-state index in [4.69, 9.17) is 14.2 Å². The van der Waals surface area contributed by atoms with Gasteiger partial charge >= 0.3 is 5.97 Å². The SMILES string of the molecule is CCOC(=O)c1c(-c2ccc(OC)c(OC)c2)csc1NC(=O)C[NH+](C)Cc1ccccc1. The molecule has 0 aliphatic carbocycles. The van der Waals surface area contributed by atoms with Gasteiger partial charge in [-0.3, -0.25) is 4.79 Å². The molecule has 0 aliphatic rings. The van der Waals surface area contributed by atoms with E-state index >= 15 is 0 Å². The van der Waals surface area contributed by atoms with Crippen LogP contribution in [0.25, 0.3) is 11.1 Å². The average Bonchev–Trinajstić information content (AvgIpc) is 3.22. The Morgan fingerprint density at radius 1 is 1.03 bits per heavy atom. The lowest BCUT2D eigenvalue weighted by Gasteiger charge is -2.14. The second-order valence-corrected chi connectivity index (χ2v) is 8.37. The zero-order valence-corrected chi connectivity index (χ0v) is 20.1. The fourth-order valence-corrected chi connectivity index (χ4v) is 4.50. The quantitative estimate of drug-likeness (QED) is 0.446. The van der Waals surface area contributed by atoms with Gasteiger partial charge in [0.05, 0.1) is 27.9 Å². The van der Waals surface area contributed by atoms with Gasteiger partial charge in [0.2, 0.25) is 0 Å². The van der Waals surface area contributed by atoms with Gasteiger partial charge in [-0.05, 0) is 24.6 Å². The van der Waals surface area contributed by atoms with Gasteiger partial charge in [0.15, 0.2) is 18.0 Å². The van der Waals surface area contributed by atoms with Gasteiger partial charge in [0, 0.05) is 16.5 Å². The summed E-state index contributed by atoms with van der Waals surface area (Å²) in [6.07, 6.45) is 0. The van der Waals surface area contributed by atoms with Crippen LogP contribution in [-0.2, 0) is 16.1 Å².